The third kappa shape index (κ3) is 4.13. The van der Waals surface area contributed by atoms with Gasteiger partial charge in [0.15, 0.2) is 0 Å². The Morgan fingerprint density at radius 1 is 1.13 bits per heavy atom. The second kappa shape index (κ2) is 8.42. The maximum Gasteiger partial charge on any atom is 0.223 e. The molecule has 0 unspecified atom stereocenters. The molecule has 5 heteroatoms. The summed E-state index contributed by atoms with van der Waals surface area (Å²) in [6, 6.07) is 19.3. The summed E-state index contributed by atoms with van der Waals surface area (Å²) in [5.74, 6) is 0.765. The molecule has 4 aromatic rings. The van der Waals surface area contributed by atoms with Gasteiger partial charge in [0, 0.05) is 54.4 Å². The van der Waals surface area contributed by atoms with E-state index in [0.717, 1.165) is 31.5 Å². The van der Waals surface area contributed by atoms with E-state index in [1.165, 1.54) is 22.0 Å². The number of aromatic amines is 1. The van der Waals surface area contributed by atoms with Crippen molar-refractivity contribution in [3.8, 4) is 11.1 Å². The van der Waals surface area contributed by atoms with Crippen molar-refractivity contribution in [2.45, 2.75) is 38.8 Å². The van der Waals surface area contributed by atoms with Gasteiger partial charge in [-0.25, -0.2) is 0 Å². The van der Waals surface area contributed by atoms with Crippen molar-refractivity contribution in [1.82, 2.24) is 19.7 Å². The highest BCUT2D eigenvalue weighted by atomic mass is 16.2. The monoisotopic (exact) mass is 412 g/mol. The number of hydrogen-bond donors (Lipinski definition) is 1. The van der Waals surface area contributed by atoms with Crippen LogP contribution in [0, 0.1) is 5.92 Å². The average molecular weight is 413 g/mol. The number of likely N-dealkylation sites (tertiary alicyclic amines) is 1. The lowest BCUT2D eigenvalue weighted by Gasteiger charge is -2.21. The van der Waals surface area contributed by atoms with E-state index in [4.69, 9.17) is 0 Å². The summed E-state index contributed by atoms with van der Waals surface area (Å²) < 4.78 is 2.34. The Labute approximate surface area is 182 Å². The van der Waals surface area contributed by atoms with Crippen LogP contribution in [0.1, 0.15) is 25.3 Å². The van der Waals surface area contributed by atoms with Crippen LogP contribution >= 0.6 is 0 Å². The van der Waals surface area contributed by atoms with Gasteiger partial charge in [-0.05, 0) is 55.0 Å². The molecule has 0 aliphatic carbocycles. The smallest absolute Gasteiger partial charge is 0.223 e. The van der Waals surface area contributed by atoms with Crippen molar-refractivity contribution in [3.63, 3.8) is 0 Å². The second-order valence-corrected chi connectivity index (χ2v) is 8.71. The summed E-state index contributed by atoms with van der Waals surface area (Å²) in [5.41, 5.74) is 4.74. The van der Waals surface area contributed by atoms with Gasteiger partial charge in [-0.15, -0.1) is 0 Å². The minimum atomic E-state index is 0.279. The summed E-state index contributed by atoms with van der Waals surface area (Å²) in [4.78, 5) is 14.9. The van der Waals surface area contributed by atoms with Gasteiger partial charge in [0.2, 0.25) is 5.91 Å². The first-order valence-electron chi connectivity index (χ1n) is 11.1. The van der Waals surface area contributed by atoms with Crippen LogP contribution in [0.3, 0.4) is 0 Å². The van der Waals surface area contributed by atoms with E-state index >= 15 is 0 Å². The van der Waals surface area contributed by atoms with Crippen molar-refractivity contribution in [2.24, 2.45) is 5.92 Å². The fourth-order valence-electron chi connectivity index (χ4n) is 4.89. The molecule has 5 rings (SSSR count). The number of carbonyl (C=O) groups excluding carboxylic acids is 1. The zero-order chi connectivity index (χ0) is 21.2. The van der Waals surface area contributed by atoms with Gasteiger partial charge in [-0.1, -0.05) is 36.4 Å². The van der Waals surface area contributed by atoms with Crippen molar-refractivity contribution in [1.29, 1.82) is 0 Å². The summed E-state index contributed by atoms with van der Waals surface area (Å²) in [6.07, 6.45) is 8.40. The van der Waals surface area contributed by atoms with Gasteiger partial charge < -0.3 is 9.47 Å². The fraction of sp³-hybridized carbons (Fsp3) is 0.308. The molecule has 1 aliphatic rings. The fourth-order valence-corrected chi connectivity index (χ4v) is 4.89. The molecule has 1 fully saturated rings. The van der Waals surface area contributed by atoms with E-state index in [1.807, 2.05) is 30.6 Å². The van der Waals surface area contributed by atoms with Gasteiger partial charge in [-0.3, -0.25) is 9.89 Å². The van der Waals surface area contributed by atoms with E-state index in [2.05, 4.69) is 69.2 Å². The summed E-state index contributed by atoms with van der Waals surface area (Å²) in [7, 11) is 0. The molecular weight excluding hydrogens is 384 g/mol. The highest BCUT2D eigenvalue weighted by molar-refractivity contribution is 5.85. The molecule has 158 valence electrons. The average Bonchev–Trinajstić information content (AvgIpc) is 3.53. The van der Waals surface area contributed by atoms with Crippen LogP contribution in [-0.2, 0) is 17.8 Å². The van der Waals surface area contributed by atoms with Crippen molar-refractivity contribution >= 4 is 16.8 Å². The minimum Gasteiger partial charge on any atom is -0.347 e. The van der Waals surface area contributed by atoms with Crippen molar-refractivity contribution < 1.29 is 4.79 Å². The topological polar surface area (TPSA) is 53.9 Å². The molecule has 5 nitrogen and oxygen atoms in total. The highest BCUT2D eigenvalue weighted by Crippen LogP contribution is 2.29. The molecule has 1 aliphatic heterocycles. The van der Waals surface area contributed by atoms with Crippen LogP contribution in [0.5, 0.6) is 0 Å². The van der Waals surface area contributed by atoms with Gasteiger partial charge in [-0.2, -0.15) is 5.10 Å². The zero-order valence-corrected chi connectivity index (χ0v) is 17.9. The summed E-state index contributed by atoms with van der Waals surface area (Å²) >= 11 is 0. The number of rotatable bonds is 6. The maximum absolute atomic E-state index is 12.9. The quantitative estimate of drug-likeness (QED) is 0.490. The lowest BCUT2D eigenvalue weighted by atomic mass is 10.1. The van der Waals surface area contributed by atoms with Crippen LogP contribution in [-0.4, -0.2) is 38.2 Å². The van der Waals surface area contributed by atoms with E-state index in [1.54, 1.807) is 0 Å². The number of amides is 1. The highest BCUT2D eigenvalue weighted by Gasteiger charge is 2.32. The summed E-state index contributed by atoms with van der Waals surface area (Å²) in [6.45, 7) is 3.98. The third-order valence-corrected chi connectivity index (χ3v) is 6.51. The Bertz CT molecular complexity index is 1160. The van der Waals surface area contributed by atoms with Crippen LogP contribution in [0.15, 0.2) is 73.2 Å². The molecule has 2 atom stereocenters. The standard InChI is InChI=1S/C26H28N4O/c1-19-13-21(18-30(19)26(31)10-7-20-5-3-2-4-6-20)17-29-12-11-23-14-22(8-9-25(23)29)24-15-27-28-16-24/h2-6,8-9,11-12,14-16,19,21H,7,10,13,17-18H2,1H3,(H,27,28)/t19-,21-/m0/s1. The largest absolute Gasteiger partial charge is 0.347 e. The molecule has 1 amide bonds. The van der Waals surface area contributed by atoms with Gasteiger partial charge in [0.25, 0.3) is 0 Å². The minimum absolute atomic E-state index is 0.279. The first-order valence-corrected chi connectivity index (χ1v) is 11.1. The molecular formula is C26H28N4O. The lowest BCUT2D eigenvalue weighted by molar-refractivity contribution is -0.131. The second-order valence-electron chi connectivity index (χ2n) is 8.71. The molecule has 2 aromatic carbocycles. The molecule has 0 saturated carbocycles. The number of nitrogens with one attached hydrogen (secondary N) is 1. The number of benzene rings is 2. The van der Waals surface area contributed by atoms with Crippen LogP contribution in [0.25, 0.3) is 22.0 Å². The first-order chi connectivity index (χ1) is 15.2. The zero-order valence-electron chi connectivity index (χ0n) is 17.9. The number of carbonyl (C=O) groups is 1. The predicted molar refractivity (Wildman–Crippen MR) is 124 cm³/mol. The number of H-pyrrole nitrogens is 1. The lowest BCUT2D eigenvalue weighted by Crippen LogP contribution is -2.34. The van der Waals surface area contributed by atoms with E-state index in [9.17, 15) is 4.79 Å². The Balaban J connectivity index is 1.23. The van der Waals surface area contributed by atoms with Gasteiger partial charge in [0.05, 0.1) is 6.20 Å². The van der Waals surface area contributed by atoms with Crippen LogP contribution < -0.4 is 0 Å². The molecule has 31 heavy (non-hydrogen) atoms. The van der Waals surface area contributed by atoms with E-state index in [-0.39, 0.29) is 5.91 Å². The Kier molecular flexibility index (Phi) is 5.33. The first kappa shape index (κ1) is 19.6. The normalized spacial score (nSPS) is 18.7. The molecule has 1 N–H and O–H groups in total. The van der Waals surface area contributed by atoms with Gasteiger partial charge in [0.1, 0.15) is 0 Å². The number of nitrogens with zero attached hydrogens (tertiary/aromatic N) is 3. The number of aromatic nitrogens is 3. The Morgan fingerprint density at radius 3 is 2.81 bits per heavy atom. The summed E-state index contributed by atoms with van der Waals surface area (Å²) in [5, 5.41) is 8.16. The van der Waals surface area contributed by atoms with Crippen LogP contribution in [0.4, 0.5) is 0 Å². The predicted octanol–water partition coefficient (Wildman–Crippen LogP) is 4.90. The molecule has 3 heterocycles. The molecule has 0 bridgehead atoms. The Hall–Kier alpha value is -3.34. The third-order valence-electron chi connectivity index (χ3n) is 6.51. The number of fused-ring (bicyclic) bond motifs is 1. The van der Waals surface area contributed by atoms with Crippen LogP contribution in [0.2, 0.25) is 0 Å². The van der Waals surface area contributed by atoms with Crippen molar-refractivity contribution in [2.75, 3.05) is 6.54 Å². The van der Waals surface area contributed by atoms with E-state index in [0.29, 0.717) is 18.4 Å². The van der Waals surface area contributed by atoms with E-state index < -0.39 is 0 Å². The molecule has 0 spiro atoms. The molecule has 1 saturated heterocycles. The van der Waals surface area contributed by atoms with Gasteiger partial charge >= 0.3 is 0 Å². The Morgan fingerprint density at radius 2 is 2.00 bits per heavy atom. The number of hydrogen-bond acceptors (Lipinski definition) is 2. The van der Waals surface area contributed by atoms with Crippen molar-refractivity contribution in [3.05, 3.63) is 78.8 Å². The maximum atomic E-state index is 12.9. The molecule has 0 radical (unpaired) electrons. The SMILES string of the molecule is C[C@H]1C[C@@H](Cn2ccc3cc(-c4cn[nH]c4)ccc32)CN1C(=O)CCc1ccccc1. The number of aryl methyl sites for hydroxylation is 1. The molecule has 2 aromatic heterocycles.